The van der Waals surface area contributed by atoms with Crippen molar-refractivity contribution in [3.05, 3.63) is 71.8 Å². The van der Waals surface area contributed by atoms with Gasteiger partial charge in [0, 0.05) is 19.7 Å². The zero-order chi connectivity index (χ0) is 28.1. The lowest BCUT2D eigenvalue weighted by molar-refractivity contribution is -0.149. The lowest BCUT2D eigenvalue weighted by atomic mass is 9.77. The minimum Gasteiger partial charge on any atom is -0.444 e. The van der Waals surface area contributed by atoms with E-state index in [2.05, 4.69) is 20.8 Å². The highest BCUT2D eigenvalue weighted by molar-refractivity contribution is 6.32. The number of ether oxygens (including phenoxy) is 1. The zero-order valence-electron chi connectivity index (χ0n) is 23.7. The van der Waals surface area contributed by atoms with Gasteiger partial charge in [-0.15, -0.1) is 0 Å². The highest BCUT2D eigenvalue weighted by Gasteiger charge is 2.50. The van der Waals surface area contributed by atoms with Crippen LogP contribution in [0.15, 0.2) is 60.7 Å². The molecule has 2 atom stereocenters. The topological polar surface area (TPSA) is 79.3 Å². The first-order valence-corrected chi connectivity index (χ1v) is 14.2. The van der Waals surface area contributed by atoms with Crippen molar-refractivity contribution in [2.24, 2.45) is 0 Å². The molecule has 0 bridgehead atoms. The number of hydrogen-bond acceptors (Lipinski definition) is 5. The summed E-state index contributed by atoms with van der Waals surface area (Å²) in [6, 6.07) is 18.7. The molecule has 2 aromatic carbocycles. The molecule has 38 heavy (non-hydrogen) atoms. The fourth-order valence-corrected chi connectivity index (χ4v) is 5.65. The van der Waals surface area contributed by atoms with E-state index in [1.54, 1.807) is 11.8 Å². The molecule has 1 fully saturated rings. The first-order chi connectivity index (χ1) is 17.8. The lowest BCUT2D eigenvalue weighted by Gasteiger charge is -2.50. The smallest absolute Gasteiger partial charge is 0.411 e. The molecule has 1 N–H and O–H groups in total. The molecular weight excluding hydrogens is 496 g/mol. The van der Waals surface area contributed by atoms with Crippen LogP contribution < -0.4 is 0 Å². The maximum Gasteiger partial charge on any atom is 0.411 e. The number of carbonyl (C=O) groups excluding carboxylic acids is 2. The van der Waals surface area contributed by atoms with Crippen molar-refractivity contribution in [3.63, 3.8) is 0 Å². The Kier molecular flexibility index (Phi) is 9.44. The lowest BCUT2D eigenvalue weighted by Crippen LogP contribution is -2.65. The second-order valence-electron chi connectivity index (χ2n) is 11.8. The molecule has 206 valence electrons. The highest BCUT2D eigenvalue weighted by atomic mass is 28.2. The zero-order valence-corrected chi connectivity index (χ0v) is 24.7. The first-order valence-electron chi connectivity index (χ1n) is 13.3. The van der Waals surface area contributed by atoms with E-state index < -0.39 is 29.4 Å². The summed E-state index contributed by atoms with van der Waals surface area (Å²) in [6.07, 6.45) is -0.192. The number of benzene rings is 2. The number of carbonyl (C=O) groups is 2. The van der Waals surface area contributed by atoms with Crippen LogP contribution in [0.5, 0.6) is 0 Å². The van der Waals surface area contributed by atoms with Gasteiger partial charge in [-0.05, 0) is 50.3 Å². The van der Waals surface area contributed by atoms with Crippen LogP contribution in [0.2, 0.25) is 5.04 Å². The van der Waals surface area contributed by atoms with E-state index in [1.807, 2.05) is 81.4 Å². The number of amides is 2. The molecule has 1 heterocycles. The van der Waals surface area contributed by atoms with E-state index in [9.17, 15) is 14.7 Å². The molecule has 2 amide bonds. The van der Waals surface area contributed by atoms with Gasteiger partial charge < -0.3 is 19.2 Å². The molecule has 8 heteroatoms. The first kappa shape index (κ1) is 29.9. The average Bonchev–Trinajstić information content (AvgIpc) is 2.85. The van der Waals surface area contributed by atoms with E-state index >= 15 is 0 Å². The van der Waals surface area contributed by atoms with Gasteiger partial charge in [0.1, 0.15) is 17.2 Å². The standard InChI is InChI=1S/C30H42N2O5Si/c1-22-26(34)32(20-19-31(22)27(35)36-28(2,3)4)25(18-21-33)30(37-38-29(5,6)7,23-14-10-8-11-15-23)24-16-12-9-13-17-24/h8-17,22,25,33H,18-21H2,1-7H3/t22-,25-/m0/s1. The van der Waals surface area contributed by atoms with Crippen molar-refractivity contribution in [3.8, 4) is 0 Å². The maximum atomic E-state index is 14.0. The summed E-state index contributed by atoms with van der Waals surface area (Å²) in [6.45, 7) is 14.0. The second-order valence-corrected chi connectivity index (χ2v) is 13.7. The minimum atomic E-state index is -1.03. The predicted molar refractivity (Wildman–Crippen MR) is 150 cm³/mol. The Balaban J connectivity index is 2.12. The SMILES string of the molecule is C[C@H]1C(=O)N([C@@H](CCO)C(O[Si]C(C)(C)C)(c2ccccc2)c2ccccc2)CCN1C(=O)OC(C)(C)C. The Bertz CT molecular complexity index is 1030. The van der Waals surface area contributed by atoms with Crippen LogP contribution in [0.3, 0.4) is 0 Å². The summed E-state index contributed by atoms with van der Waals surface area (Å²) < 4.78 is 12.5. The molecule has 0 aliphatic carbocycles. The third-order valence-corrected chi connectivity index (χ3v) is 7.53. The molecule has 2 radical (unpaired) electrons. The van der Waals surface area contributed by atoms with E-state index in [0.29, 0.717) is 19.5 Å². The largest absolute Gasteiger partial charge is 0.444 e. The molecule has 2 aromatic rings. The number of nitrogens with zero attached hydrogens (tertiary/aromatic N) is 2. The van der Waals surface area contributed by atoms with Gasteiger partial charge in [0.2, 0.25) is 15.7 Å². The molecule has 0 unspecified atom stereocenters. The molecule has 0 aromatic heterocycles. The fraction of sp³-hybridized carbons (Fsp3) is 0.533. The maximum absolute atomic E-state index is 14.0. The summed E-state index contributed by atoms with van der Waals surface area (Å²) in [5.74, 6) is -0.195. The summed E-state index contributed by atoms with van der Waals surface area (Å²) in [7, 11) is 0.122. The van der Waals surface area contributed by atoms with Crippen LogP contribution in [-0.2, 0) is 19.6 Å². The fourth-order valence-electron chi connectivity index (χ4n) is 4.82. The Hall–Kier alpha value is -2.68. The average molecular weight is 539 g/mol. The third-order valence-electron chi connectivity index (χ3n) is 6.49. The van der Waals surface area contributed by atoms with Crippen LogP contribution in [0.1, 0.15) is 66.0 Å². The van der Waals surface area contributed by atoms with Crippen LogP contribution in [0, 0.1) is 0 Å². The van der Waals surface area contributed by atoms with Crippen molar-refractivity contribution in [2.75, 3.05) is 19.7 Å². The summed E-state index contributed by atoms with van der Waals surface area (Å²) >= 11 is 0. The van der Waals surface area contributed by atoms with Gasteiger partial charge in [-0.3, -0.25) is 9.69 Å². The normalized spacial score (nSPS) is 17.9. The van der Waals surface area contributed by atoms with Gasteiger partial charge in [0.05, 0.1) is 6.04 Å². The van der Waals surface area contributed by atoms with Crippen LogP contribution >= 0.6 is 0 Å². The Morgan fingerprint density at radius 2 is 1.50 bits per heavy atom. The second kappa shape index (κ2) is 12.0. The third kappa shape index (κ3) is 6.84. The summed E-state index contributed by atoms with van der Waals surface area (Å²) in [5.41, 5.74) is 0.141. The molecular formula is C30H42N2O5Si. The monoisotopic (exact) mass is 538 g/mol. The number of rotatable bonds is 8. The molecule has 1 aliphatic heterocycles. The van der Waals surface area contributed by atoms with Crippen molar-refractivity contribution in [2.45, 2.75) is 83.2 Å². The molecule has 7 nitrogen and oxygen atoms in total. The minimum absolute atomic E-state index is 0.120. The molecule has 1 saturated heterocycles. The number of hydrogen-bond donors (Lipinski definition) is 1. The van der Waals surface area contributed by atoms with Gasteiger partial charge in [0.15, 0.2) is 0 Å². The highest BCUT2D eigenvalue weighted by Crippen LogP contribution is 2.43. The number of piperazine rings is 1. The quantitative estimate of drug-likeness (QED) is 0.479. The Morgan fingerprint density at radius 3 is 1.95 bits per heavy atom. The van der Waals surface area contributed by atoms with Crippen molar-refractivity contribution in [1.29, 1.82) is 0 Å². The van der Waals surface area contributed by atoms with Gasteiger partial charge in [0.25, 0.3) is 0 Å². The van der Waals surface area contributed by atoms with E-state index in [-0.39, 0.29) is 27.3 Å². The number of aliphatic hydroxyl groups excluding tert-OH is 1. The van der Waals surface area contributed by atoms with Gasteiger partial charge in [-0.2, -0.15) is 0 Å². The van der Waals surface area contributed by atoms with Crippen molar-refractivity contribution < 1.29 is 23.9 Å². The van der Waals surface area contributed by atoms with Crippen LogP contribution in [0.4, 0.5) is 4.79 Å². The van der Waals surface area contributed by atoms with Gasteiger partial charge in [-0.1, -0.05) is 81.4 Å². The summed E-state index contributed by atoms with van der Waals surface area (Å²) in [4.78, 5) is 30.2. The number of aliphatic hydroxyl groups is 1. The van der Waals surface area contributed by atoms with Crippen molar-refractivity contribution >= 4 is 21.8 Å². The predicted octanol–water partition coefficient (Wildman–Crippen LogP) is 5.00. The van der Waals surface area contributed by atoms with Gasteiger partial charge >= 0.3 is 6.09 Å². The summed E-state index contributed by atoms with van der Waals surface area (Å²) in [5, 5.41) is 10.2. The van der Waals surface area contributed by atoms with Crippen molar-refractivity contribution in [1.82, 2.24) is 9.80 Å². The van der Waals surface area contributed by atoms with E-state index in [0.717, 1.165) is 11.1 Å². The van der Waals surface area contributed by atoms with E-state index in [1.165, 1.54) is 4.90 Å². The Labute approximate surface area is 230 Å². The molecule has 0 spiro atoms. The van der Waals surface area contributed by atoms with Crippen LogP contribution in [-0.4, -0.2) is 74.1 Å². The molecule has 0 saturated carbocycles. The van der Waals surface area contributed by atoms with Gasteiger partial charge in [-0.25, -0.2) is 4.79 Å². The Morgan fingerprint density at radius 1 is 0.974 bits per heavy atom. The molecule has 3 rings (SSSR count). The van der Waals surface area contributed by atoms with E-state index in [4.69, 9.17) is 9.16 Å². The van der Waals surface area contributed by atoms with Crippen LogP contribution in [0.25, 0.3) is 0 Å². The molecule has 1 aliphatic rings.